The van der Waals surface area contributed by atoms with Gasteiger partial charge < -0.3 is 9.84 Å². The number of carbonyl (C=O) groups excluding carboxylic acids is 1. The molecule has 2 N–H and O–H groups in total. The zero-order valence-corrected chi connectivity index (χ0v) is 20.5. The number of aliphatic carboxylic acids is 1. The molecule has 1 amide bonds. The molecule has 0 bridgehead atoms. The second-order valence-corrected chi connectivity index (χ2v) is 9.09. The molecule has 0 aliphatic heterocycles. The van der Waals surface area contributed by atoms with Crippen LogP contribution in [0, 0.1) is 6.92 Å². The van der Waals surface area contributed by atoms with Crippen LogP contribution in [0.1, 0.15) is 42.7 Å². The van der Waals surface area contributed by atoms with Crippen LogP contribution in [0.5, 0.6) is 0 Å². The van der Waals surface area contributed by atoms with Crippen LogP contribution in [0.2, 0.25) is 0 Å². The average Bonchev–Trinajstić information content (AvgIpc) is 3.23. The first-order valence-electron chi connectivity index (χ1n) is 11.3. The van der Waals surface area contributed by atoms with Crippen LogP contribution in [-0.2, 0) is 9.53 Å². The predicted octanol–water partition coefficient (Wildman–Crippen LogP) is 7.28. The van der Waals surface area contributed by atoms with Gasteiger partial charge in [0.2, 0.25) is 0 Å². The van der Waals surface area contributed by atoms with Gasteiger partial charge in [-0.2, -0.15) is 4.37 Å². The Kier molecular flexibility index (Phi) is 7.27. The maximum Gasteiger partial charge on any atom is 0.412 e. The van der Waals surface area contributed by atoms with Crippen LogP contribution in [-0.4, -0.2) is 21.5 Å². The topological polar surface area (TPSA) is 88.5 Å². The van der Waals surface area contributed by atoms with E-state index in [0.717, 1.165) is 38.4 Å². The fourth-order valence-corrected chi connectivity index (χ4v) is 4.57. The number of hydrogen-bond donors (Lipinski definition) is 2. The molecule has 2 atom stereocenters. The summed E-state index contributed by atoms with van der Waals surface area (Å²) in [5.41, 5.74) is 5.99. The number of benzene rings is 3. The Labute approximate surface area is 208 Å². The third-order valence-corrected chi connectivity index (χ3v) is 6.89. The summed E-state index contributed by atoms with van der Waals surface area (Å²) in [4.78, 5) is 24.6. The number of ether oxygens (including phenoxy) is 1. The molecule has 0 fully saturated rings. The summed E-state index contributed by atoms with van der Waals surface area (Å²) in [6.45, 7) is 5.36. The third-order valence-electron chi connectivity index (χ3n) is 5.90. The summed E-state index contributed by atoms with van der Waals surface area (Å²) in [5.74, 6) is -1.39. The molecule has 0 radical (unpaired) electrons. The van der Waals surface area contributed by atoms with Crippen LogP contribution in [0.3, 0.4) is 0 Å². The smallest absolute Gasteiger partial charge is 0.412 e. The Morgan fingerprint density at radius 1 is 0.857 bits per heavy atom. The molecule has 0 unspecified atom stereocenters. The lowest BCUT2D eigenvalue weighted by molar-refractivity contribution is -0.138. The van der Waals surface area contributed by atoms with Crippen molar-refractivity contribution in [3.8, 4) is 21.6 Å². The van der Waals surface area contributed by atoms with E-state index < -0.39 is 18.0 Å². The molecule has 7 heteroatoms. The first-order valence-corrected chi connectivity index (χ1v) is 12.0. The maximum atomic E-state index is 12.6. The van der Waals surface area contributed by atoms with E-state index >= 15 is 0 Å². The van der Waals surface area contributed by atoms with Gasteiger partial charge in [-0.05, 0) is 60.1 Å². The van der Waals surface area contributed by atoms with Crippen molar-refractivity contribution in [2.45, 2.75) is 32.8 Å². The highest BCUT2D eigenvalue weighted by atomic mass is 32.1. The standard InChI is InChI=1S/C28H26N2O4S/c1-17(27(31)32)20-9-11-22(12-10-20)23-13-15-24(16-14-23)26-25(18(2)30-35-26)29-28(33)34-19(3)21-7-5-4-6-8-21/h4-17,19H,1-3H3,(H,29,33)(H,31,32)/t17-,19+/m0/s1. The monoisotopic (exact) mass is 486 g/mol. The van der Waals surface area contributed by atoms with Crippen LogP contribution >= 0.6 is 11.5 Å². The van der Waals surface area contributed by atoms with E-state index in [1.54, 1.807) is 6.92 Å². The summed E-state index contributed by atoms with van der Waals surface area (Å²) in [5, 5.41) is 12.1. The molecule has 0 saturated heterocycles. The van der Waals surface area contributed by atoms with Gasteiger partial charge in [0.25, 0.3) is 0 Å². The fourth-order valence-electron chi connectivity index (χ4n) is 3.72. The van der Waals surface area contributed by atoms with Crippen molar-refractivity contribution >= 4 is 29.3 Å². The Morgan fingerprint density at radius 2 is 1.43 bits per heavy atom. The van der Waals surface area contributed by atoms with Gasteiger partial charge in [0.05, 0.1) is 22.2 Å². The lowest BCUT2D eigenvalue weighted by Gasteiger charge is -2.15. The van der Waals surface area contributed by atoms with Crippen LogP contribution in [0.4, 0.5) is 10.5 Å². The first-order chi connectivity index (χ1) is 16.8. The normalized spacial score (nSPS) is 12.5. The van der Waals surface area contributed by atoms with E-state index in [0.29, 0.717) is 5.69 Å². The van der Waals surface area contributed by atoms with E-state index in [-0.39, 0.29) is 6.10 Å². The Balaban J connectivity index is 1.48. The Morgan fingerprint density at radius 3 is 2.03 bits per heavy atom. The van der Waals surface area contributed by atoms with Gasteiger partial charge in [-0.1, -0.05) is 78.9 Å². The first kappa shape index (κ1) is 24.2. The van der Waals surface area contributed by atoms with Gasteiger partial charge >= 0.3 is 12.1 Å². The van der Waals surface area contributed by atoms with Crippen molar-refractivity contribution in [3.05, 3.63) is 95.7 Å². The Hall–Kier alpha value is -3.97. The van der Waals surface area contributed by atoms with E-state index in [9.17, 15) is 14.7 Å². The van der Waals surface area contributed by atoms with Gasteiger partial charge in [-0.3, -0.25) is 10.1 Å². The summed E-state index contributed by atoms with van der Waals surface area (Å²) < 4.78 is 9.99. The molecule has 1 heterocycles. The molecule has 4 aromatic rings. The summed E-state index contributed by atoms with van der Waals surface area (Å²) in [6, 6.07) is 25.1. The van der Waals surface area contributed by atoms with E-state index in [2.05, 4.69) is 9.69 Å². The van der Waals surface area contributed by atoms with Crippen molar-refractivity contribution in [2.75, 3.05) is 5.32 Å². The molecule has 0 spiro atoms. The number of carbonyl (C=O) groups is 2. The van der Waals surface area contributed by atoms with Crippen LogP contribution in [0.25, 0.3) is 21.6 Å². The number of amides is 1. The van der Waals surface area contributed by atoms with Gasteiger partial charge in [0, 0.05) is 0 Å². The molecule has 6 nitrogen and oxygen atoms in total. The molecule has 1 aromatic heterocycles. The molecule has 4 rings (SSSR count). The molecular weight excluding hydrogens is 460 g/mol. The largest absolute Gasteiger partial charge is 0.481 e. The van der Waals surface area contributed by atoms with Crippen LogP contribution in [0.15, 0.2) is 78.9 Å². The number of nitrogens with one attached hydrogen (secondary N) is 1. The maximum absolute atomic E-state index is 12.6. The highest BCUT2D eigenvalue weighted by Crippen LogP contribution is 2.36. The van der Waals surface area contributed by atoms with Gasteiger partial charge in [0.15, 0.2) is 0 Å². The second kappa shape index (κ2) is 10.5. The molecule has 0 aliphatic rings. The predicted molar refractivity (Wildman–Crippen MR) is 139 cm³/mol. The average molecular weight is 487 g/mol. The minimum atomic E-state index is -0.843. The number of carboxylic acids is 1. The van der Waals surface area contributed by atoms with E-state index in [4.69, 9.17) is 4.74 Å². The van der Waals surface area contributed by atoms with E-state index in [1.165, 1.54) is 11.5 Å². The van der Waals surface area contributed by atoms with Gasteiger partial charge in [-0.25, -0.2) is 4.79 Å². The quantitative estimate of drug-likeness (QED) is 0.286. The van der Waals surface area contributed by atoms with Gasteiger partial charge in [-0.15, -0.1) is 0 Å². The van der Waals surface area contributed by atoms with Crippen LogP contribution < -0.4 is 5.32 Å². The fraction of sp³-hybridized carbons (Fsp3) is 0.179. The number of aromatic nitrogens is 1. The molecule has 35 heavy (non-hydrogen) atoms. The number of carboxylic acid groups (broad SMARTS) is 1. The molecule has 0 aliphatic carbocycles. The molecular formula is C28H26N2O4S. The van der Waals surface area contributed by atoms with Crippen molar-refractivity contribution < 1.29 is 19.4 Å². The zero-order valence-electron chi connectivity index (χ0n) is 19.7. The third kappa shape index (κ3) is 5.58. The lowest BCUT2D eigenvalue weighted by atomic mass is 9.97. The number of anilines is 1. The molecule has 3 aromatic carbocycles. The number of rotatable bonds is 7. The minimum absolute atomic E-state index is 0.379. The number of hydrogen-bond acceptors (Lipinski definition) is 5. The second-order valence-electron chi connectivity index (χ2n) is 8.31. The van der Waals surface area contributed by atoms with Crippen molar-refractivity contribution in [1.82, 2.24) is 4.37 Å². The number of aryl methyl sites for hydroxylation is 1. The molecule has 178 valence electrons. The highest BCUT2D eigenvalue weighted by molar-refractivity contribution is 7.10. The van der Waals surface area contributed by atoms with Crippen molar-refractivity contribution in [2.24, 2.45) is 0 Å². The minimum Gasteiger partial charge on any atom is -0.481 e. The van der Waals surface area contributed by atoms with E-state index in [1.807, 2.05) is 92.7 Å². The number of nitrogens with zero attached hydrogens (tertiary/aromatic N) is 1. The lowest BCUT2D eigenvalue weighted by Crippen LogP contribution is -2.16. The summed E-state index contributed by atoms with van der Waals surface area (Å²) in [7, 11) is 0. The zero-order chi connectivity index (χ0) is 24.9. The summed E-state index contributed by atoms with van der Waals surface area (Å²) >= 11 is 1.32. The van der Waals surface area contributed by atoms with Crippen molar-refractivity contribution in [3.63, 3.8) is 0 Å². The van der Waals surface area contributed by atoms with Crippen molar-refractivity contribution in [1.29, 1.82) is 0 Å². The Bertz CT molecular complexity index is 1320. The molecule has 0 saturated carbocycles. The van der Waals surface area contributed by atoms with Gasteiger partial charge in [0.1, 0.15) is 6.10 Å². The highest BCUT2D eigenvalue weighted by Gasteiger charge is 2.18. The SMILES string of the molecule is Cc1nsc(-c2ccc(-c3ccc([C@H](C)C(=O)O)cc3)cc2)c1NC(=O)O[C@H](C)c1ccccc1. The summed E-state index contributed by atoms with van der Waals surface area (Å²) in [6.07, 6.45) is -0.908.